The third-order valence-corrected chi connectivity index (χ3v) is 5.38. The van der Waals surface area contributed by atoms with Crippen LogP contribution in [0.25, 0.3) is 10.9 Å². The van der Waals surface area contributed by atoms with Gasteiger partial charge >= 0.3 is 0 Å². The van der Waals surface area contributed by atoms with Crippen molar-refractivity contribution in [3.63, 3.8) is 0 Å². The van der Waals surface area contributed by atoms with Gasteiger partial charge in [0.15, 0.2) is 0 Å². The highest BCUT2D eigenvalue weighted by Crippen LogP contribution is 2.34. The van der Waals surface area contributed by atoms with Gasteiger partial charge in [-0.2, -0.15) is 0 Å². The normalized spacial score (nSPS) is 22.3. The molecule has 1 unspecified atom stereocenters. The number of hydrogen-bond acceptors (Lipinski definition) is 2. The van der Waals surface area contributed by atoms with Crippen molar-refractivity contribution in [2.45, 2.75) is 38.1 Å². The summed E-state index contributed by atoms with van der Waals surface area (Å²) in [5.41, 5.74) is 2.37. The number of rotatable bonds is 2. The number of hydrogen-bond donors (Lipinski definition) is 2. The van der Waals surface area contributed by atoms with Crippen molar-refractivity contribution < 1.29 is 4.79 Å². The molecule has 0 spiro atoms. The number of fused-ring (bicyclic) bond motifs is 1. The molecule has 0 aliphatic carbocycles. The molecule has 2 N–H and O–H groups in total. The van der Waals surface area contributed by atoms with E-state index in [1.165, 1.54) is 23.0 Å². The minimum atomic E-state index is 0. The van der Waals surface area contributed by atoms with E-state index in [1.54, 1.807) is 0 Å². The molecule has 1 aromatic carbocycles. The monoisotopic (exact) mass is 347 g/mol. The van der Waals surface area contributed by atoms with Crippen LogP contribution in [0.3, 0.4) is 0 Å². The Morgan fingerprint density at radius 2 is 1.88 bits per heavy atom. The number of piperidine rings is 2. The van der Waals surface area contributed by atoms with Gasteiger partial charge in [0.2, 0.25) is 5.91 Å². The Balaban J connectivity index is 0.00000169. The molecule has 24 heavy (non-hydrogen) atoms. The Hall–Kier alpha value is -1.52. The van der Waals surface area contributed by atoms with E-state index in [1.807, 2.05) is 0 Å². The van der Waals surface area contributed by atoms with Crippen LogP contribution in [0, 0.1) is 5.92 Å². The number of aromatic amines is 1. The fraction of sp³-hybridized carbons (Fsp3) is 0.526. The summed E-state index contributed by atoms with van der Waals surface area (Å²) in [6.45, 7) is 2.85. The number of carbonyl (C=O) groups is 1. The largest absolute Gasteiger partial charge is 0.357 e. The number of halogens is 1. The van der Waals surface area contributed by atoms with Gasteiger partial charge in [-0.3, -0.25) is 4.79 Å². The first kappa shape index (κ1) is 17.3. The molecule has 0 radical (unpaired) electrons. The minimum absolute atomic E-state index is 0. The lowest BCUT2D eigenvalue weighted by molar-refractivity contribution is -0.140. The molecular weight excluding hydrogens is 322 g/mol. The maximum absolute atomic E-state index is 13.0. The van der Waals surface area contributed by atoms with Crippen LogP contribution in [0.1, 0.15) is 43.8 Å². The molecular formula is C19H26ClN3O. The lowest BCUT2D eigenvalue weighted by Gasteiger charge is -2.38. The summed E-state index contributed by atoms with van der Waals surface area (Å²) < 4.78 is 0. The summed E-state index contributed by atoms with van der Waals surface area (Å²) in [6, 6.07) is 10.8. The van der Waals surface area contributed by atoms with Gasteiger partial charge in [-0.1, -0.05) is 18.2 Å². The molecule has 1 aromatic heterocycles. The lowest BCUT2D eigenvalue weighted by atomic mass is 9.92. The van der Waals surface area contributed by atoms with Crippen molar-refractivity contribution in [2.75, 3.05) is 19.6 Å². The second-order valence-electron chi connectivity index (χ2n) is 6.88. The molecule has 4 nitrogen and oxygen atoms in total. The molecule has 0 bridgehead atoms. The van der Waals surface area contributed by atoms with Gasteiger partial charge in [-0.15, -0.1) is 12.4 Å². The zero-order chi connectivity index (χ0) is 15.6. The number of benzene rings is 1. The lowest BCUT2D eigenvalue weighted by Crippen LogP contribution is -2.44. The third-order valence-electron chi connectivity index (χ3n) is 5.38. The van der Waals surface area contributed by atoms with Gasteiger partial charge in [0.25, 0.3) is 0 Å². The number of nitrogens with one attached hydrogen (secondary N) is 2. The van der Waals surface area contributed by atoms with Crippen molar-refractivity contribution in [3.05, 3.63) is 36.0 Å². The Kier molecular flexibility index (Phi) is 5.47. The molecule has 2 fully saturated rings. The van der Waals surface area contributed by atoms with Crippen LogP contribution in [-0.4, -0.2) is 35.4 Å². The quantitative estimate of drug-likeness (QED) is 0.871. The van der Waals surface area contributed by atoms with Gasteiger partial charge in [0.1, 0.15) is 0 Å². The van der Waals surface area contributed by atoms with E-state index in [0.29, 0.717) is 5.91 Å². The number of amides is 1. The first-order chi connectivity index (χ1) is 11.3. The summed E-state index contributed by atoms with van der Waals surface area (Å²) >= 11 is 0. The van der Waals surface area contributed by atoms with E-state index >= 15 is 0 Å². The maximum Gasteiger partial charge on any atom is 0.226 e. The van der Waals surface area contributed by atoms with Crippen molar-refractivity contribution in [3.8, 4) is 0 Å². The van der Waals surface area contributed by atoms with E-state index in [9.17, 15) is 4.79 Å². The molecule has 2 aliphatic heterocycles. The fourth-order valence-corrected chi connectivity index (χ4v) is 4.10. The van der Waals surface area contributed by atoms with Gasteiger partial charge in [-0.05, 0) is 62.7 Å². The first-order valence-electron chi connectivity index (χ1n) is 8.92. The van der Waals surface area contributed by atoms with Crippen LogP contribution < -0.4 is 5.32 Å². The Morgan fingerprint density at radius 1 is 1.08 bits per heavy atom. The highest BCUT2D eigenvalue weighted by Gasteiger charge is 2.33. The van der Waals surface area contributed by atoms with Crippen LogP contribution >= 0.6 is 12.4 Å². The topological polar surface area (TPSA) is 48.1 Å². The Labute approximate surface area is 149 Å². The Morgan fingerprint density at radius 3 is 2.67 bits per heavy atom. The van der Waals surface area contributed by atoms with Crippen LogP contribution in [0.2, 0.25) is 0 Å². The summed E-state index contributed by atoms with van der Waals surface area (Å²) in [5, 5.41) is 4.59. The van der Waals surface area contributed by atoms with E-state index in [4.69, 9.17) is 0 Å². The zero-order valence-electron chi connectivity index (χ0n) is 14.0. The van der Waals surface area contributed by atoms with Crippen molar-refractivity contribution in [1.82, 2.24) is 15.2 Å². The molecule has 2 aliphatic rings. The van der Waals surface area contributed by atoms with Crippen molar-refractivity contribution in [2.24, 2.45) is 5.92 Å². The standard InChI is InChI=1S/C19H25N3O.ClH/c23-19(14-8-10-20-11-9-14)22-12-4-3-7-18(22)17-13-15-5-1-2-6-16(15)21-17;/h1-2,5-6,13-14,18,20-21H,3-4,7-12H2;1H. The molecule has 1 amide bonds. The summed E-state index contributed by atoms with van der Waals surface area (Å²) in [6.07, 6.45) is 5.37. The molecule has 3 heterocycles. The highest BCUT2D eigenvalue weighted by atomic mass is 35.5. The molecule has 4 rings (SSSR count). The summed E-state index contributed by atoms with van der Waals surface area (Å²) in [4.78, 5) is 18.7. The van der Waals surface area contributed by atoms with Crippen LogP contribution in [-0.2, 0) is 4.79 Å². The van der Waals surface area contributed by atoms with Crippen molar-refractivity contribution in [1.29, 1.82) is 0 Å². The fourth-order valence-electron chi connectivity index (χ4n) is 4.10. The number of carbonyl (C=O) groups excluding carboxylic acids is 1. The number of aromatic nitrogens is 1. The zero-order valence-corrected chi connectivity index (χ0v) is 14.8. The van der Waals surface area contributed by atoms with Gasteiger partial charge in [-0.25, -0.2) is 0 Å². The molecule has 130 valence electrons. The minimum Gasteiger partial charge on any atom is -0.357 e. The summed E-state index contributed by atoms with van der Waals surface area (Å²) in [5.74, 6) is 0.580. The van der Waals surface area contributed by atoms with Crippen LogP contribution in [0.15, 0.2) is 30.3 Å². The average molecular weight is 348 g/mol. The predicted molar refractivity (Wildman–Crippen MR) is 99.4 cm³/mol. The third kappa shape index (κ3) is 3.31. The average Bonchev–Trinajstić information content (AvgIpc) is 3.06. The molecule has 5 heteroatoms. The smallest absolute Gasteiger partial charge is 0.226 e. The van der Waals surface area contributed by atoms with Gasteiger partial charge in [0, 0.05) is 23.7 Å². The van der Waals surface area contributed by atoms with Gasteiger partial charge < -0.3 is 15.2 Å². The molecule has 2 saturated heterocycles. The highest BCUT2D eigenvalue weighted by molar-refractivity contribution is 5.85. The molecule has 1 atom stereocenters. The Bertz CT molecular complexity index is 660. The second-order valence-corrected chi connectivity index (χ2v) is 6.88. The van der Waals surface area contributed by atoms with Crippen LogP contribution in [0.5, 0.6) is 0 Å². The number of nitrogens with zero attached hydrogens (tertiary/aromatic N) is 1. The van der Waals surface area contributed by atoms with E-state index < -0.39 is 0 Å². The van der Waals surface area contributed by atoms with E-state index in [0.717, 1.165) is 45.3 Å². The predicted octanol–water partition coefficient (Wildman–Crippen LogP) is 3.64. The van der Waals surface area contributed by atoms with Gasteiger partial charge in [0.05, 0.1) is 6.04 Å². The SMILES string of the molecule is Cl.O=C(C1CCNCC1)N1CCCCC1c1cc2ccccc2[nH]1. The van der Waals surface area contributed by atoms with Crippen molar-refractivity contribution >= 4 is 29.2 Å². The number of likely N-dealkylation sites (tertiary alicyclic amines) is 1. The van der Waals surface area contributed by atoms with E-state index in [2.05, 4.69) is 45.5 Å². The number of H-pyrrole nitrogens is 1. The molecule has 2 aromatic rings. The summed E-state index contributed by atoms with van der Waals surface area (Å²) in [7, 11) is 0. The maximum atomic E-state index is 13.0. The second kappa shape index (κ2) is 7.58. The first-order valence-corrected chi connectivity index (χ1v) is 8.92. The van der Waals surface area contributed by atoms with E-state index in [-0.39, 0.29) is 24.4 Å². The number of para-hydroxylation sites is 1. The van der Waals surface area contributed by atoms with Crippen LogP contribution in [0.4, 0.5) is 0 Å². The molecule has 0 saturated carbocycles.